The predicted octanol–water partition coefficient (Wildman–Crippen LogP) is 6.02. The molecule has 0 aliphatic heterocycles. The molecule has 0 bridgehead atoms. The van der Waals surface area contributed by atoms with Crippen molar-refractivity contribution in [3.8, 4) is 0 Å². The lowest BCUT2D eigenvalue weighted by Crippen LogP contribution is -1.90. The molecule has 0 heteroatoms. The van der Waals surface area contributed by atoms with Crippen molar-refractivity contribution in [2.45, 2.75) is 90.4 Å². The molecular formula is C16H30. The zero-order valence-corrected chi connectivity index (χ0v) is 11.3. The molecule has 0 spiro atoms. The van der Waals surface area contributed by atoms with Gasteiger partial charge in [-0.05, 0) is 32.1 Å². The van der Waals surface area contributed by atoms with Crippen LogP contribution >= 0.6 is 0 Å². The van der Waals surface area contributed by atoms with E-state index in [2.05, 4.69) is 13.0 Å². The Kier molecular flexibility index (Phi) is 8.57. The van der Waals surface area contributed by atoms with E-state index in [1.54, 1.807) is 5.57 Å². The summed E-state index contributed by atoms with van der Waals surface area (Å²) in [6, 6.07) is 0. The molecule has 0 amide bonds. The smallest absolute Gasteiger partial charge is 0.0320 e. The highest BCUT2D eigenvalue weighted by Gasteiger charge is 2.01. The van der Waals surface area contributed by atoms with Crippen LogP contribution in [0, 0.1) is 0 Å². The molecule has 1 saturated carbocycles. The summed E-state index contributed by atoms with van der Waals surface area (Å²) in [7, 11) is 0. The number of unbranched alkanes of at least 4 members (excludes halogenated alkanes) is 1. The average molecular weight is 222 g/mol. The number of hydrogen-bond acceptors (Lipinski definition) is 0. The quantitative estimate of drug-likeness (QED) is 0.501. The SMILES string of the molecule is CCCC=C1CCCCCCCCCCC1. The Morgan fingerprint density at radius 3 is 1.62 bits per heavy atom. The standard InChI is InChI=1S/C16H30/c1-2-3-13-16-14-11-9-7-5-4-6-8-10-12-15-16/h13H,2-12,14-15H2,1H3. The van der Waals surface area contributed by atoms with Crippen molar-refractivity contribution in [1.82, 2.24) is 0 Å². The fourth-order valence-electron chi connectivity index (χ4n) is 2.62. The first-order valence-electron chi connectivity index (χ1n) is 7.61. The van der Waals surface area contributed by atoms with E-state index in [-0.39, 0.29) is 0 Å². The molecule has 16 heavy (non-hydrogen) atoms. The lowest BCUT2D eigenvalue weighted by Gasteiger charge is -2.10. The van der Waals surface area contributed by atoms with Gasteiger partial charge in [-0.2, -0.15) is 0 Å². The van der Waals surface area contributed by atoms with Crippen LogP contribution < -0.4 is 0 Å². The predicted molar refractivity (Wildman–Crippen MR) is 73.8 cm³/mol. The van der Waals surface area contributed by atoms with Crippen LogP contribution in [0.25, 0.3) is 0 Å². The summed E-state index contributed by atoms with van der Waals surface area (Å²) in [5.41, 5.74) is 1.77. The molecule has 1 fully saturated rings. The van der Waals surface area contributed by atoms with Crippen LogP contribution in [0.15, 0.2) is 11.6 Å². The minimum absolute atomic E-state index is 1.30. The summed E-state index contributed by atoms with van der Waals surface area (Å²) in [5, 5.41) is 0. The van der Waals surface area contributed by atoms with E-state index in [0.29, 0.717) is 0 Å². The van der Waals surface area contributed by atoms with Crippen LogP contribution in [0.4, 0.5) is 0 Å². The second-order valence-electron chi connectivity index (χ2n) is 5.33. The van der Waals surface area contributed by atoms with Gasteiger partial charge in [0.15, 0.2) is 0 Å². The lowest BCUT2D eigenvalue weighted by atomic mass is 9.97. The molecule has 1 aliphatic carbocycles. The van der Waals surface area contributed by atoms with Gasteiger partial charge in [0.2, 0.25) is 0 Å². The van der Waals surface area contributed by atoms with Crippen molar-refractivity contribution in [3.05, 3.63) is 11.6 Å². The third kappa shape index (κ3) is 7.09. The number of allylic oxidation sites excluding steroid dienone is 2. The van der Waals surface area contributed by atoms with E-state index in [1.165, 1.54) is 83.5 Å². The summed E-state index contributed by atoms with van der Waals surface area (Å²) in [6.45, 7) is 2.28. The fourth-order valence-corrected chi connectivity index (χ4v) is 2.62. The van der Waals surface area contributed by atoms with Crippen molar-refractivity contribution in [2.75, 3.05) is 0 Å². The van der Waals surface area contributed by atoms with Gasteiger partial charge in [0, 0.05) is 0 Å². The van der Waals surface area contributed by atoms with Gasteiger partial charge in [0.1, 0.15) is 0 Å². The van der Waals surface area contributed by atoms with Crippen molar-refractivity contribution in [2.24, 2.45) is 0 Å². The van der Waals surface area contributed by atoms with Gasteiger partial charge in [-0.3, -0.25) is 0 Å². The summed E-state index contributed by atoms with van der Waals surface area (Å²) < 4.78 is 0. The normalized spacial score (nSPS) is 20.9. The summed E-state index contributed by atoms with van der Waals surface area (Å²) >= 11 is 0. The molecule has 0 aromatic heterocycles. The molecule has 0 nitrogen and oxygen atoms in total. The number of hydrogen-bond donors (Lipinski definition) is 0. The minimum atomic E-state index is 1.30. The maximum absolute atomic E-state index is 2.53. The molecule has 94 valence electrons. The first kappa shape index (κ1) is 13.8. The molecule has 0 N–H and O–H groups in total. The van der Waals surface area contributed by atoms with Crippen LogP contribution in [-0.2, 0) is 0 Å². The molecule has 1 rings (SSSR count). The minimum Gasteiger partial charge on any atom is -0.0853 e. The second-order valence-corrected chi connectivity index (χ2v) is 5.33. The van der Waals surface area contributed by atoms with Crippen LogP contribution in [0.5, 0.6) is 0 Å². The average Bonchev–Trinajstić information content (AvgIpc) is 2.28. The summed E-state index contributed by atoms with van der Waals surface area (Å²) in [4.78, 5) is 0. The van der Waals surface area contributed by atoms with E-state index in [1.807, 2.05) is 0 Å². The van der Waals surface area contributed by atoms with Gasteiger partial charge in [0.05, 0.1) is 0 Å². The third-order valence-electron chi connectivity index (χ3n) is 3.72. The zero-order valence-electron chi connectivity index (χ0n) is 11.3. The highest BCUT2D eigenvalue weighted by molar-refractivity contribution is 5.01. The lowest BCUT2D eigenvalue weighted by molar-refractivity contribution is 0.539. The zero-order chi connectivity index (χ0) is 11.5. The monoisotopic (exact) mass is 222 g/mol. The van der Waals surface area contributed by atoms with Crippen LogP contribution in [0.1, 0.15) is 90.4 Å². The van der Waals surface area contributed by atoms with Crippen molar-refractivity contribution >= 4 is 0 Å². The Morgan fingerprint density at radius 2 is 1.19 bits per heavy atom. The van der Waals surface area contributed by atoms with Crippen molar-refractivity contribution < 1.29 is 0 Å². The van der Waals surface area contributed by atoms with Gasteiger partial charge < -0.3 is 0 Å². The first-order chi connectivity index (χ1) is 7.93. The molecular weight excluding hydrogens is 192 g/mol. The molecule has 0 aromatic carbocycles. The number of rotatable bonds is 2. The Labute approximate surface area is 103 Å². The van der Waals surface area contributed by atoms with Crippen LogP contribution in [0.2, 0.25) is 0 Å². The van der Waals surface area contributed by atoms with Crippen LogP contribution in [-0.4, -0.2) is 0 Å². The van der Waals surface area contributed by atoms with E-state index >= 15 is 0 Å². The van der Waals surface area contributed by atoms with Gasteiger partial charge in [-0.25, -0.2) is 0 Å². The van der Waals surface area contributed by atoms with Gasteiger partial charge >= 0.3 is 0 Å². The molecule has 0 atom stereocenters. The molecule has 0 radical (unpaired) electrons. The van der Waals surface area contributed by atoms with Crippen molar-refractivity contribution in [3.63, 3.8) is 0 Å². The van der Waals surface area contributed by atoms with Gasteiger partial charge in [-0.1, -0.05) is 69.9 Å². The van der Waals surface area contributed by atoms with E-state index in [0.717, 1.165) is 0 Å². The maximum atomic E-state index is 2.53. The van der Waals surface area contributed by atoms with E-state index in [9.17, 15) is 0 Å². The molecule has 0 aromatic rings. The Morgan fingerprint density at radius 1 is 0.750 bits per heavy atom. The Balaban J connectivity index is 2.30. The van der Waals surface area contributed by atoms with Crippen molar-refractivity contribution in [1.29, 1.82) is 0 Å². The molecule has 1 aliphatic rings. The topological polar surface area (TPSA) is 0 Å². The molecule has 0 unspecified atom stereocenters. The van der Waals surface area contributed by atoms with E-state index in [4.69, 9.17) is 0 Å². The van der Waals surface area contributed by atoms with Crippen LogP contribution in [0.3, 0.4) is 0 Å². The molecule has 0 heterocycles. The third-order valence-corrected chi connectivity index (χ3v) is 3.72. The fraction of sp³-hybridized carbons (Fsp3) is 0.875. The second kappa shape index (κ2) is 9.93. The first-order valence-corrected chi connectivity index (χ1v) is 7.61. The summed E-state index contributed by atoms with van der Waals surface area (Å²) in [6.07, 6.45) is 21.1. The highest BCUT2D eigenvalue weighted by atomic mass is 14.1. The highest BCUT2D eigenvalue weighted by Crippen LogP contribution is 2.20. The Hall–Kier alpha value is -0.260. The molecule has 0 saturated heterocycles. The van der Waals surface area contributed by atoms with Gasteiger partial charge in [-0.15, -0.1) is 0 Å². The summed E-state index contributed by atoms with van der Waals surface area (Å²) in [5.74, 6) is 0. The van der Waals surface area contributed by atoms with E-state index < -0.39 is 0 Å². The maximum Gasteiger partial charge on any atom is -0.0320 e. The largest absolute Gasteiger partial charge is 0.0853 e. The Bertz CT molecular complexity index is 164. The van der Waals surface area contributed by atoms with Gasteiger partial charge in [0.25, 0.3) is 0 Å².